The number of sulfonamides is 1. The maximum Gasteiger partial charge on any atom is 0.261 e. The molecule has 148 valence electrons. The fourth-order valence-electron chi connectivity index (χ4n) is 3.07. The fraction of sp³-hybridized carbons (Fsp3) is 0.316. The summed E-state index contributed by atoms with van der Waals surface area (Å²) in [6, 6.07) is 9.84. The number of imide groups is 1. The van der Waals surface area contributed by atoms with Gasteiger partial charge in [-0.3, -0.25) is 19.2 Å². The number of pyridine rings is 1. The van der Waals surface area contributed by atoms with E-state index in [9.17, 15) is 18.0 Å². The van der Waals surface area contributed by atoms with Gasteiger partial charge in [-0.15, -0.1) is 0 Å². The van der Waals surface area contributed by atoms with E-state index in [1.54, 1.807) is 36.4 Å². The van der Waals surface area contributed by atoms with E-state index in [0.717, 1.165) is 23.8 Å². The first kappa shape index (κ1) is 19.8. The van der Waals surface area contributed by atoms with Gasteiger partial charge in [-0.2, -0.15) is 0 Å². The van der Waals surface area contributed by atoms with Gasteiger partial charge in [0.2, 0.25) is 10.0 Å². The van der Waals surface area contributed by atoms with Crippen LogP contribution in [0.3, 0.4) is 0 Å². The Balaban J connectivity index is 1.64. The Labute approximate surface area is 164 Å². The predicted molar refractivity (Wildman–Crippen MR) is 107 cm³/mol. The Morgan fingerprint density at radius 1 is 1.00 bits per heavy atom. The molecule has 1 N–H and O–H groups in total. The molecule has 8 nitrogen and oxygen atoms in total. The minimum absolute atomic E-state index is 0.216. The standard InChI is InChI=1S/C19H22N4O4S/c1-3-22(4-2)17-10-9-14(13-20-17)21-28(26,27)12-11-23-18(24)15-7-5-6-8-16(15)19(23)25/h5-10,13,21H,3-4,11-12H2,1-2H3. The van der Waals surface area contributed by atoms with E-state index >= 15 is 0 Å². The summed E-state index contributed by atoms with van der Waals surface area (Å²) in [6.07, 6.45) is 1.45. The summed E-state index contributed by atoms with van der Waals surface area (Å²) in [5, 5.41) is 0. The normalized spacial score (nSPS) is 13.6. The van der Waals surface area contributed by atoms with E-state index < -0.39 is 27.6 Å². The molecule has 0 atom stereocenters. The maximum atomic E-state index is 12.4. The third-order valence-electron chi connectivity index (χ3n) is 4.57. The number of anilines is 2. The van der Waals surface area contributed by atoms with Crippen molar-refractivity contribution in [3.05, 3.63) is 53.7 Å². The third kappa shape index (κ3) is 3.99. The summed E-state index contributed by atoms with van der Waals surface area (Å²) in [5.74, 6) is -0.572. The molecule has 3 rings (SSSR count). The Morgan fingerprint density at radius 3 is 2.11 bits per heavy atom. The number of fused-ring (bicyclic) bond motifs is 1. The first-order valence-corrected chi connectivity index (χ1v) is 10.7. The number of carbonyl (C=O) groups excluding carboxylic acids is 2. The van der Waals surface area contributed by atoms with Gasteiger partial charge in [0, 0.05) is 19.6 Å². The highest BCUT2D eigenvalue weighted by atomic mass is 32.2. The van der Waals surface area contributed by atoms with Gasteiger partial charge in [-0.1, -0.05) is 12.1 Å². The van der Waals surface area contributed by atoms with Crippen LogP contribution in [0.1, 0.15) is 34.6 Å². The molecule has 0 saturated heterocycles. The first-order valence-electron chi connectivity index (χ1n) is 9.03. The number of benzene rings is 1. The van der Waals surface area contributed by atoms with Crippen LogP contribution in [0.15, 0.2) is 42.6 Å². The molecule has 2 aromatic rings. The molecule has 0 saturated carbocycles. The summed E-state index contributed by atoms with van der Waals surface area (Å²) >= 11 is 0. The van der Waals surface area contributed by atoms with Crippen molar-refractivity contribution in [2.24, 2.45) is 0 Å². The number of hydrogen-bond donors (Lipinski definition) is 1. The zero-order valence-electron chi connectivity index (χ0n) is 15.8. The number of nitrogens with zero attached hydrogens (tertiary/aromatic N) is 3. The molecule has 28 heavy (non-hydrogen) atoms. The Hall–Kier alpha value is -2.94. The topological polar surface area (TPSA) is 99.7 Å². The van der Waals surface area contributed by atoms with Gasteiger partial charge in [0.25, 0.3) is 11.8 Å². The summed E-state index contributed by atoms with van der Waals surface area (Å²) in [6.45, 7) is 5.42. The number of carbonyl (C=O) groups is 2. The van der Waals surface area contributed by atoms with Crippen LogP contribution in [0.4, 0.5) is 11.5 Å². The van der Waals surface area contributed by atoms with Gasteiger partial charge in [0.05, 0.1) is 28.8 Å². The number of rotatable bonds is 8. The molecule has 0 aliphatic carbocycles. The van der Waals surface area contributed by atoms with Gasteiger partial charge in [-0.05, 0) is 38.1 Å². The van der Waals surface area contributed by atoms with Crippen molar-refractivity contribution in [1.82, 2.24) is 9.88 Å². The number of amides is 2. The summed E-state index contributed by atoms with van der Waals surface area (Å²) < 4.78 is 27.2. The SMILES string of the molecule is CCN(CC)c1ccc(NS(=O)(=O)CCN2C(=O)c3ccccc3C2=O)cn1. The molecule has 0 spiro atoms. The molecular formula is C19H22N4O4S. The number of nitrogens with one attached hydrogen (secondary N) is 1. The maximum absolute atomic E-state index is 12.4. The van der Waals surface area contributed by atoms with Gasteiger partial charge in [-0.25, -0.2) is 13.4 Å². The van der Waals surface area contributed by atoms with E-state index in [2.05, 4.69) is 9.71 Å². The highest BCUT2D eigenvalue weighted by molar-refractivity contribution is 7.92. The lowest BCUT2D eigenvalue weighted by Crippen LogP contribution is -2.35. The molecule has 1 aliphatic rings. The van der Waals surface area contributed by atoms with Crippen LogP contribution in [-0.2, 0) is 10.0 Å². The third-order valence-corrected chi connectivity index (χ3v) is 5.84. The zero-order chi connectivity index (χ0) is 20.3. The van der Waals surface area contributed by atoms with E-state index in [1.807, 2.05) is 18.7 Å². The molecule has 0 radical (unpaired) electrons. The van der Waals surface area contributed by atoms with E-state index in [1.165, 1.54) is 6.20 Å². The van der Waals surface area contributed by atoms with E-state index in [-0.39, 0.29) is 6.54 Å². The summed E-state index contributed by atoms with van der Waals surface area (Å²) in [4.78, 5) is 31.9. The highest BCUT2D eigenvalue weighted by Crippen LogP contribution is 2.22. The Morgan fingerprint density at radius 2 is 1.61 bits per heavy atom. The molecule has 1 aliphatic heterocycles. The van der Waals surface area contributed by atoms with Crippen LogP contribution in [0, 0.1) is 0 Å². The molecule has 0 fully saturated rings. The lowest BCUT2D eigenvalue weighted by molar-refractivity contribution is 0.0664. The molecule has 2 amide bonds. The summed E-state index contributed by atoms with van der Waals surface area (Å²) in [5.41, 5.74) is 0.932. The van der Waals surface area contributed by atoms with Crippen molar-refractivity contribution in [3.8, 4) is 0 Å². The average molecular weight is 402 g/mol. The monoisotopic (exact) mass is 402 g/mol. The van der Waals surface area contributed by atoms with Crippen LogP contribution in [0.2, 0.25) is 0 Å². The average Bonchev–Trinajstić information content (AvgIpc) is 2.93. The second-order valence-electron chi connectivity index (χ2n) is 6.31. The smallest absolute Gasteiger partial charge is 0.261 e. The fourth-order valence-corrected chi connectivity index (χ4v) is 4.07. The number of hydrogen-bond acceptors (Lipinski definition) is 6. The second kappa shape index (κ2) is 7.97. The van der Waals surface area contributed by atoms with Crippen molar-refractivity contribution in [3.63, 3.8) is 0 Å². The van der Waals surface area contributed by atoms with Crippen LogP contribution < -0.4 is 9.62 Å². The largest absolute Gasteiger partial charge is 0.357 e. The zero-order valence-corrected chi connectivity index (χ0v) is 16.6. The molecular weight excluding hydrogens is 380 g/mol. The molecule has 2 heterocycles. The lowest BCUT2D eigenvalue weighted by Gasteiger charge is -2.20. The van der Waals surface area contributed by atoms with Crippen LogP contribution >= 0.6 is 0 Å². The minimum atomic E-state index is -3.75. The highest BCUT2D eigenvalue weighted by Gasteiger charge is 2.35. The Bertz CT molecular complexity index is 950. The van der Waals surface area contributed by atoms with E-state index in [0.29, 0.717) is 16.8 Å². The van der Waals surface area contributed by atoms with Crippen LogP contribution in [-0.4, -0.2) is 55.5 Å². The van der Waals surface area contributed by atoms with Crippen molar-refractivity contribution >= 4 is 33.3 Å². The van der Waals surface area contributed by atoms with Crippen LogP contribution in [0.5, 0.6) is 0 Å². The molecule has 0 unspecified atom stereocenters. The van der Waals surface area contributed by atoms with Gasteiger partial charge < -0.3 is 4.90 Å². The Kier molecular flexibility index (Phi) is 5.64. The van der Waals surface area contributed by atoms with Crippen molar-refractivity contribution in [2.45, 2.75) is 13.8 Å². The van der Waals surface area contributed by atoms with Crippen molar-refractivity contribution in [1.29, 1.82) is 0 Å². The summed E-state index contributed by atoms with van der Waals surface area (Å²) in [7, 11) is -3.75. The molecule has 9 heteroatoms. The predicted octanol–water partition coefficient (Wildman–Crippen LogP) is 1.97. The van der Waals surface area contributed by atoms with Gasteiger partial charge in [0.15, 0.2) is 0 Å². The van der Waals surface area contributed by atoms with E-state index in [4.69, 9.17) is 0 Å². The molecule has 1 aromatic heterocycles. The van der Waals surface area contributed by atoms with Crippen molar-refractivity contribution in [2.75, 3.05) is 35.0 Å². The van der Waals surface area contributed by atoms with Crippen LogP contribution in [0.25, 0.3) is 0 Å². The first-order chi connectivity index (χ1) is 13.4. The lowest BCUT2D eigenvalue weighted by atomic mass is 10.1. The van der Waals surface area contributed by atoms with Gasteiger partial charge >= 0.3 is 0 Å². The quantitative estimate of drug-likeness (QED) is 0.678. The molecule has 1 aromatic carbocycles. The minimum Gasteiger partial charge on any atom is -0.357 e. The molecule has 0 bridgehead atoms. The van der Waals surface area contributed by atoms with Gasteiger partial charge in [0.1, 0.15) is 5.82 Å². The number of aromatic nitrogens is 1. The second-order valence-corrected chi connectivity index (χ2v) is 8.15. The van der Waals surface area contributed by atoms with Crippen molar-refractivity contribution < 1.29 is 18.0 Å².